The molecule has 16 heteroatoms. The normalized spacial score (nSPS) is 22.4. The minimum Gasteiger partial charge on any atom is -0.508 e. The van der Waals surface area contributed by atoms with Crippen LogP contribution in [-0.2, 0) is 17.0 Å². The van der Waals surface area contributed by atoms with Crippen LogP contribution in [0.4, 0.5) is 21.4 Å². The Kier molecular flexibility index (Phi) is 9.90. The van der Waals surface area contributed by atoms with Crippen molar-refractivity contribution >= 4 is 40.9 Å². The number of amides is 5. The number of aliphatic hydroxyl groups is 2. The lowest BCUT2D eigenvalue weighted by atomic mass is 9.91. The highest BCUT2D eigenvalue weighted by atomic mass is 16.3. The third-order valence-corrected chi connectivity index (χ3v) is 11.0. The van der Waals surface area contributed by atoms with E-state index in [1.54, 1.807) is 22.8 Å². The number of carbonyl (C=O) groups excluding carboxylic acids is 3. The third kappa shape index (κ3) is 6.81. The summed E-state index contributed by atoms with van der Waals surface area (Å²) in [6.45, 7) is 1.38. The Bertz CT molecular complexity index is 2200. The molecule has 290 valence electrons. The molecular weight excluding hydrogens is 717 g/mol. The summed E-state index contributed by atoms with van der Waals surface area (Å²) >= 11 is 0. The number of urea groups is 2. The molecule has 2 saturated heterocycles. The third-order valence-electron chi connectivity index (χ3n) is 11.0. The van der Waals surface area contributed by atoms with Gasteiger partial charge in [0.15, 0.2) is 22.6 Å². The van der Waals surface area contributed by atoms with Gasteiger partial charge in [-0.05, 0) is 48.1 Å². The highest BCUT2D eigenvalue weighted by molar-refractivity contribution is 6.02. The first-order valence-electron chi connectivity index (χ1n) is 18.7. The fraction of sp³-hybridized carbons (Fsp3) is 0.350. The Morgan fingerprint density at radius 1 is 0.964 bits per heavy atom. The second-order valence-electron chi connectivity index (χ2n) is 14.6. The number of nitrogens with one attached hydrogen (secondary N) is 3. The van der Waals surface area contributed by atoms with Crippen molar-refractivity contribution < 1.29 is 29.7 Å². The van der Waals surface area contributed by atoms with Gasteiger partial charge in [0, 0.05) is 45.2 Å². The molecule has 0 bridgehead atoms. The standard InChI is InChI=1S/C40H44N10O6/c1-47-23-32(53)50(39(47)56)40(17-15-31(52)34(40)54)49-24-43-33-35(41-21-30(26-10-4-2-5-11-26)27-12-6-3-7-13-27)45-37(46-36(33)49)48-18-16-28(22-48)44-38(55)42-20-25-9-8-14-29(51)19-25/h2-14,19,24,28,30-31,34,51-52,54H,15-18,20-23H2,1H3,(H,41,45,46)(H2,42,44,55)/t28?,31-,34-,40-/m1/s1. The molecule has 56 heavy (non-hydrogen) atoms. The summed E-state index contributed by atoms with van der Waals surface area (Å²) in [5.74, 6) is 0.265. The smallest absolute Gasteiger partial charge is 0.329 e. The van der Waals surface area contributed by atoms with E-state index in [9.17, 15) is 29.7 Å². The molecule has 5 aromatic rings. The van der Waals surface area contributed by atoms with Gasteiger partial charge in [-0.3, -0.25) is 9.36 Å². The van der Waals surface area contributed by atoms with Crippen LogP contribution in [0.1, 0.15) is 41.9 Å². The van der Waals surface area contributed by atoms with Crippen LogP contribution < -0.4 is 20.9 Å². The number of phenols is 1. The van der Waals surface area contributed by atoms with Gasteiger partial charge < -0.3 is 41.1 Å². The zero-order valence-electron chi connectivity index (χ0n) is 30.8. The van der Waals surface area contributed by atoms with Crippen LogP contribution in [-0.4, -0.2) is 114 Å². The Morgan fingerprint density at radius 3 is 2.34 bits per heavy atom. The number of carbonyl (C=O) groups is 3. The van der Waals surface area contributed by atoms with Crippen LogP contribution in [0.5, 0.6) is 5.75 Å². The number of hydrogen-bond acceptors (Lipinski definition) is 11. The van der Waals surface area contributed by atoms with Crippen molar-refractivity contribution in [3.05, 3.63) is 108 Å². The molecule has 1 aliphatic carbocycles. The van der Waals surface area contributed by atoms with Crippen LogP contribution in [0.25, 0.3) is 11.2 Å². The van der Waals surface area contributed by atoms with Crippen LogP contribution in [0.2, 0.25) is 0 Å². The zero-order valence-corrected chi connectivity index (χ0v) is 30.8. The van der Waals surface area contributed by atoms with E-state index in [4.69, 9.17) is 15.0 Å². The highest BCUT2D eigenvalue weighted by Gasteiger charge is 2.60. The number of aliphatic hydroxyl groups excluding tert-OH is 2. The second-order valence-corrected chi connectivity index (χ2v) is 14.6. The fourth-order valence-corrected chi connectivity index (χ4v) is 8.17. The maximum atomic E-state index is 13.5. The van der Waals surface area contributed by atoms with Crippen molar-refractivity contribution in [1.29, 1.82) is 0 Å². The number of imide groups is 1. The quantitative estimate of drug-likeness (QED) is 0.108. The van der Waals surface area contributed by atoms with Gasteiger partial charge in [-0.25, -0.2) is 19.5 Å². The summed E-state index contributed by atoms with van der Waals surface area (Å²) in [5.41, 5.74) is 1.86. The lowest BCUT2D eigenvalue weighted by Gasteiger charge is -2.40. The van der Waals surface area contributed by atoms with Gasteiger partial charge in [-0.2, -0.15) is 9.97 Å². The molecule has 0 radical (unpaired) electrons. The molecule has 3 fully saturated rings. The van der Waals surface area contributed by atoms with Gasteiger partial charge in [-0.1, -0.05) is 72.8 Å². The van der Waals surface area contributed by atoms with Gasteiger partial charge in [0.25, 0.3) is 5.91 Å². The fourth-order valence-electron chi connectivity index (χ4n) is 8.17. The van der Waals surface area contributed by atoms with E-state index in [0.29, 0.717) is 43.3 Å². The van der Waals surface area contributed by atoms with E-state index < -0.39 is 29.8 Å². The number of hydrogen-bond donors (Lipinski definition) is 6. The summed E-state index contributed by atoms with van der Waals surface area (Å²) in [4.78, 5) is 58.9. The molecule has 1 saturated carbocycles. The Hall–Kier alpha value is -6.26. The summed E-state index contributed by atoms with van der Waals surface area (Å²) in [5, 5.41) is 41.7. The maximum absolute atomic E-state index is 13.5. The monoisotopic (exact) mass is 760 g/mol. The molecule has 1 unspecified atom stereocenters. The maximum Gasteiger partial charge on any atom is 0.329 e. The molecule has 6 N–H and O–H groups in total. The number of rotatable bonds is 11. The molecule has 4 heterocycles. The van der Waals surface area contributed by atoms with Crippen LogP contribution >= 0.6 is 0 Å². The lowest BCUT2D eigenvalue weighted by Crippen LogP contribution is -2.59. The largest absolute Gasteiger partial charge is 0.508 e. The van der Waals surface area contributed by atoms with Crippen molar-refractivity contribution in [3.8, 4) is 5.75 Å². The van der Waals surface area contributed by atoms with Gasteiger partial charge in [-0.15, -0.1) is 0 Å². The first-order valence-corrected chi connectivity index (χ1v) is 18.7. The molecule has 0 spiro atoms. The van der Waals surface area contributed by atoms with Crippen molar-refractivity contribution in [3.63, 3.8) is 0 Å². The zero-order chi connectivity index (χ0) is 39.0. The summed E-state index contributed by atoms with van der Waals surface area (Å²) in [6, 6.07) is 25.7. The minimum atomic E-state index is -1.70. The predicted octanol–water partition coefficient (Wildman–Crippen LogP) is 2.92. The average molecular weight is 761 g/mol. The van der Waals surface area contributed by atoms with Crippen molar-refractivity contribution in [1.82, 2.24) is 40.0 Å². The molecule has 4 atom stereocenters. The molecule has 5 amide bonds. The SMILES string of the molecule is CN1CC(=O)N([C@]2(n3cnc4c(NCC(c5ccccc5)c5ccccc5)nc(N5CCC(NC(=O)NCc6cccc(O)c6)C5)nc43)CC[C@@H](O)[C@H]2O)C1=O. The topological polar surface area (TPSA) is 201 Å². The van der Waals surface area contributed by atoms with E-state index in [2.05, 4.69) is 40.2 Å². The number of fused-ring (bicyclic) bond motifs is 1. The van der Waals surface area contributed by atoms with Crippen LogP contribution in [0, 0.1) is 0 Å². The van der Waals surface area contributed by atoms with E-state index in [1.807, 2.05) is 47.4 Å². The number of aromatic nitrogens is 4. The van der Waals surface area contributed by atoms with Crippen LogP contribution in [0.15, 0.2) is 91.3 Å². The number of likely N-dealkylation sites (N-methyl/N-ethyl adjacent to an activating group) is 1. The van der Waals surface area contributed by atoms with E-state index in [-0.39, 0.29) is 55.3 Å². The number of imidazole rings is 1. The Morgan fingerprint density at radius 2 is 1.70 bits per heavy atom. The van der Waals surface area contributed by atoms with Gasteiger partial charge in [0.2, 0.25) is 5.95 Å². The summed E-state index contributed by atoms with van der Waals surface area (Å²) in [6.07, 6.45) is -0.469. The Labute approximate surface area is 322 Å². The number of nitrogens with zero attached hydrogens (tertiary/aromatic N) is 7. The second kappa shape index (κ2) is 15.1. The van der Waals surface area contributed by atoms with E-state index in [1.165, 1.54) is 18.3 Å². The molecule has 16 nitrogen and oxygen atoms in total. The number of aromatic hydroxyl groups is 1. The number of benzene rings is 3. The van der Waals surface area contributed by atoms with E-state index in [0.717, 1.165) is 21.6 Å². The van der Waals surface area contributed by atoms with Gasteiger partial charge in [0.05, 0.1) is 12.4 Å². The van der Waals surface area contributed by atoms with Gasteiger partial charge >= 0.3 is 12.1 Å². The average Bonchev–Trinajstić information content (AvgIpc) is 3.98. The first kappa shape index (κ1) is 36.7. The lowest BCUT2D eigenvalue weighted by molar-refractivity contribution is -0.140. The highest BCUT2D eigenvalue weighted by Crippen LogP contribution is 2.44. The predicted molar refractivity (Wildman–Crippen MR) is 207 cm³/mol. The number of phenolic OH excluding ortho intramolecular Hbond substituents is 1. The van der Waals surface area contributed by atoms with E-state index >= 15 is 0 Å². The Balaban J connectivity index is 1.14. The van der Waals surface area contributed by atoms with Crippen molar-refractivity contribution in [2.45, 2.75) is 55.6 Å². The molecule has 3 aromatic carbocycles. The molecule has 3 aliphatic rings. The number of anilines is 2. The van der Waals surface area contributed by atoms with Gasteiger partial charge in [0.1, 0.15) is 18.4 Å². The molecule has 2 aromatic heterocycles. The first-order chi connectivity index (χ1) is 27.1. The minimum absolute atomic E-state index is 0.0693. The van der Waals surface area contributed by atoms with Crippen LogP contribution in [0.3, 0.4) is 0 Å². The molecule has 2 aliphatic heterocycles. The molecular formula is C40H44N10O6. The molecule has 8 rings (SSSR count). The summed E-state index contributed by atoms with van der Waals surface area (Å²) in [7, 11) is 1.51. The van der Waals surface area contributed by atoms with Crippen molar-refractivity contribution in [2.24, 2.45) is 0 Å². The summed E-state index contributed by atoms with van der Waals surface area (Å²) < 4.78 is 1.54. The van der Waals surface area contributed by atoms with Crippen molar-refractivity contribution in [2.75, 3.05) is 43.4 Å².